The number of likely N-dealkylation sites (tertiary alicyclic amines) is 1. The fourth-order valence-corrected chi connectivity index (χ4v) is 2.20. The van der Waals surface area contributed by atoms with Crippen LogP contribution in [0.2, 0.25) is 0 Å². The molecule has 1 N–H and O–H groups in total. The number of nitrogens with zero attached hydrogens (tertiary/aromatic N) is 1. The minimum Gasteiger partial charge on any atom is -0.358 e. The van der Waals surface area contributed by atoms with Crippen molar-refractivity contribution in [2.75, 3.05) is 20.6 Å². The highest BCUT2D eigenvalue weighted by molar-refractivity contribution is 5.81. The number of likely N-dealkylation sites (N-methyl/N-ethyl adjacent to an activating group) is 2. The first-order valence-corrected chi connectivity index (χ1v) is 5.10. The summed E-state index contributed by atoms with van der Waals surface area (Å²) in [5.41, 5.74) is 0. The van der Waals surface area contributed by atoms with E-state index in [1.165, 1.54) is 12.8 Å². The van der Waals surface area contributed by atoms with Crippen molar-refractivity contribution in [2.24, 2.45) is 5.92 Å². The Morgan fingerprint density at radius 2 is 2.31 bits per heavy atom. The van der Waals surface area contributed by atoms with Crippen LogP contribution in [0.15, 0.2) is 0 Å². The van der Waals surface area contributed by atoms with E-state index >= 15 is 0 Å². The van der Waals surface area contributed by atoms with E-state index in [9.17, 15) is 4.79 Å². The van der Waals surface area contributed by atoms with Crippen molar-refractivity contribution in [2.45, 2.75) is 32.2 Å². The number of nitrogens with one attached hydrogen (secondary N) is 1. The maximum Gasteiger partial charge on any atom is 0.237 e. The van der Waals surface area contributed by atoms with Crippen molar-refractivity contribution in [1.29, 1.82) is 0 Å². The van der Waals surface area contributed by atoms with Crippen LogP contribution in [0.4, 0.5) is 0 Å². The van der Waals surface area contributed by atoms with Crippen molar-refractivity contribution >= 4 is 5.91 Å². The van der Waals surface area contributed by atoms with Gasteiger partial charge in [-0.3, -0.25) is 9.69 Å². The molecule has 0 bridgehead atoms. The standard InChI is InChI=1S/C10H20N2O/c1-4-5-8-6-9(10(13)11-2)12(3)7-8/h8-9H,4-7H2,1-3H3,(H,11,13)/t8-,9+/m1/s1. The Labute approximate surface area is 80.5 Å². The number of carbonyl (C=O) groups excluding carboxylic acids is 1. The van der Waals surface area contributed by atoms with E-state index in [-0.39, 0.29) is 11.9 Å². The predicted octanol–water partition coefficient (Wildman–Crippen LogP) is 0.853. The molecule has 0 spiro atoms. The second-order valence-corrected chi connectivity index (χ2v) is 3.96. The van der Waals surface area contributed by atoms with Gasteiger partial charge in [-0.1, -0.05) is 13.3 Å². The molecular weight excluding hydrogens is 164 g/mol. The maximum absolute atomic E-state index is 11.4. The summed E-state index contributed by atoms with van der Waals surface area (Å²) in [5.74, 6) is 0.887. The average Bonchev–Trinajstić information content (AvgIpc) is 2.46. The Morgan fingerprint density at radius 3 is 2.85 bits per heavy atom. The van der Waals surface area contributed by atoms with Gasteiger partial charge in [0.2, 0.25) is 5.91 Å². The van der Waals surface area contributed by atoms with Crippen LogP contribution in [-0.4, -0.2) is 37.5 Å². The third-order valence-corrected chi connectivity index (χ3v) is 2.88. The smallest absolute Gasteiger partial charge is 0.237 e. The molecule has 0 aromatic carbocycles. The monoisotopic (exact) mass is 184 g/mol. The van der Waals surface area contributed by atoms with E-state index in [4.69, 9.17) is 0 Å². The Kier molecular flexibility index (Phi) is 3.72. The first-order chi connectivity index (χ1) is 6.19. The topological polar surface area (TPSA) is 32.3 Å². The van der Waals surface area contributed by atoms with E-state index in [1.54, 1.807) is 7.05 Å². The molecule has 0 aromatic rings. The van der Waals surface area contributed by atoms with Crippen molar-refractivity contribution in [3.05, 3.63) is 0 Å². The van der Waals surface area contributed by atoms with Gasteiger partial charge in [0, 0.05) is 13.6 Å². The van der Waals surface area contributed by atoms with Crippen LogP contribution in [0.5, 0.6) is 0 Å². The van der Waals surface area contributed by atoms with Crippen LogP contribution < -0.4 is 5.32 Å². The lowest BCUT2D eigenvalue weighted by Crippen LogP contribution is -2.39. The van der Waals surface area contributed by atoms with Gasteiger partial charge in [-0.2, -0.15) is 0 Å². The zero-order chi connectivity index (χ0) is 9.84. The fourth-order valence-electron chi connectivity index (χ4n) is 2.20. The Hall–Kier alpha value is -0.570. The van der Waals surface area contributed by atoms with E-state index in [0.29, 0.717) is 0 Å². The van der Waals surface area contributed by atoms with E-state index in [2.05, 4.69) is 17.1 Å². The van der Waals surface area contributed by atoms with Crippen molar-refractivity contribution in [3.63, 3.8) is 0 Å². The average molecular weight is 184 g/mol. The van der Waals surface area contributed by atoms with Crippen molar-refractivity contribution in [1.82, 2.24) is 10.2 Å². The normalized spacial score (nSPS) is 29.2. The summed E-state index contributed by atoms with van der Waals surface area (Å²) < 4.78 is 0. The number of rotatable bonds is 3. The van der Waals surface area contributed by atoms with Gasteiger partial charge in [0.1, 0.15) is 0 Å². The molecule has 13 heavy (non-hydrogen) atoms. The minimum atomic E-state index is 0.113. The van der Waals surface area contributed by atoms with Gasteiger partial charge in [-0.25, -0.2) is 0 Å². The molecule has 1 aliphatic rings. The van der Waals surface area contributed by atoms with Crippen LogP contribution in [0.25, 0.3) is 0 Å². The first-order valence-electron chi connectivity index (χ1n) is 5.10. The van der Waals surface area contributed by atoms with Crippen molar-refractivity contribution < 1.29 is 4.79 Å². The summed E-state index contributed by atoms with van der Waals surface area (Å²) in [7, 11) is 3.75. The summed E-state index contributed by atoms with van der Waals surface area (Å²) in [6.07, 6.45) is 3.50. The van der Waals surface area contributed by atoms with Crippen LogP contribution in [0.1, 0.15) is 26.2 Å². The lowest BCUT2D eigenvalue weighted by atomic mass is 10.0. The fraction of sp³-hybridized carbons (Fsp3) is 0.900. The van der Waals surface area contributed by atoms with Gasteiger partial charge < -0.3 is 5.32 Å². The molecule has 2 atom stereocenters. The van der Waals surface area contributed by atoms with Gasteiger partial charge in [-0.05, 0) is 25.8 Å². The van der Waals surface area contributed by atoms with Gasteiger partial charge in [0.05, 0.1) is 6.04 Å². The SMILES string of the molecule is CCC[C@@H]1C[C@@H](C(=O)NC)N(C)C1. The lowest BCUT2D eigenvalue weighted by molar-refractivity contribution is -0.124. The summed E-state index contributed by atoms with van der Waals surface area (Å²) in [6.45, 7) is 3.28. The molecular formula is C10H20N2O. The molecule has 0 saturated carbocycles. The van der Waals surface area contributed by atoms with Gasteiger partial charge in [0.15, 0.2) is 0 Å². The number of hydrogen-bond donors (Lipinski definition) is 1. The molecule has 1 saturated heterocycles. The third kappa shape index (κ3) is 2.44. The quantitative estimate of drug-likeness (QED) is 0.705. The van der Waals surface area contributed by atoms with Crippen molar-refractivity contribution in [3.8, 4) is 0 Å². The summed E-state index contributed by atoms with van der Waals surface area (Å²) in [4.78, 5) is 13.6. The second-order valence-electron chi connectivity index (χ2n) is 3.96. The molecule has 0 radical (unpaired) electrons. The molecule has 1 fully saturated rings. The van der Waals surface area contributed by atoms with Crippen LogP contribution in [-0.2, 0) is 4.79 Å². The number of amides is 1. The minimum absolute atomic E-state index is 0.113. The van der Waals surface area contributed by atoms with Crippen LogP contribution >= 0.6 is 0 Å². The van der Waals surface area contributed by atoms with Crippen LogP contribution in [0, 0.1) is 5.92 Å². The largest absolute Gasteiger partial charge is 0.358 e. The van der Waals surface area contributed by atoms with E-state index in [1.807, 2.05) is 7.05 Å². The number of hydrogen-bond acceptors (Lipinski definition) is 2. The molecule has 3 heteroatoms. The molecule has 1 heterocycles. The Balaban J connectivity index is 2.46. The molecule has 0 aliphatic carbocycles. The highest BCUT2D eigenvalue weighted by Gasteiger charge is 2.32. The Bertz CT molecular complexity index is 182. The highest BCUT2D eigenvalue weighted by Crippen LogP contribution is 2.25. The first kappa shape index (κ1) is 10.5. The highest BCUT2D eigenvalue weighted by atomic mass is 16.2. The summed E-state index contributed by atoms with van der Waals surface area (Å²) >= 11 is 0. The zero-order valence-electron chi connectivity index (χ0n) is 8.84. The maximum atomic E-state index is 11.4. The molecule has 3 nitrogen and oxygen atoms in total. The predicted molar refractivity (Wildman–Crippen MR) is 53.5 cm³/mol. The molecule has 0 unspecified atom stereocenters. The summed E-state index contributed by atoms with van der Waals surface area (Å²) in [5, 5.41) is 2.72. The lowest BCUT2D eigenvalue weighted by Gasteiger charge is -2.16. The Morgan fingerprint density at radius 1 is 1.62 bits per heavy atom. The van der Waals surface area contributed by atoms with Gasteiger partial charge in [0.25, 0.3) is 0 Å². The molecule has 0 aromatic heterocycles. The van der Waals surface area contributed by atoms with Gasteiger partial charge in [-0.15, -0.1) is 0 Å². The van der Waals surface area contributed by atoms with E-state index < -0.39 is 0 Å². The van der Waals surface area contributed by atoms with E-state index in [0.717, 1.165) is 18.9 Å². The molecule has 76 valence electrons. The van der Waals surface area contributed by atoms with Gasteiger partial charge >= 0.3 is 0 Å². The number of carbonyl (C=O) groups is 1. The third-order valence-electron chi connectivity index (χ3n) is 2.88. The molecule has 1 rings (SSSR count). The molecule has 1 aliphatic heterocycles. The second kappa shape index (κ2) is 4.61. The summed E-state index contributed by atoms with van der Waals surface area (Å²) in [6, 6.07) is 0.113. The molecule has 1 amide bonds. The van der Waals surface area contributed by atoms with Crippen LogP contribution in [0.3, 0.4) is 0 Å². The zero-order valence-corrected chi connectivity index (χ0v) is 8.84.